The second-order valence-electron chi connectivity index (χ2n) is 17.6. The zero-order chi connectivity index (χ0) is 43.8. The van der Waals surface area contributed by atoms with E-state index in [1.54, 1.807) is 0 Å². The Labute approximate surface area is 372 Å². The maximum atomic E-state index is 13.2. The molecule has 0 saturated heterocycles. The highest BCUT2D eigenvalue weighted by atomic mass is 16.5. The lowest BCUT2D eigenvalue weighted by atomic mass is 10.0. The SMILES string of the molecule is CCCCC/C=C\C/C=C\CCCCCCCCCC(=O)OC(CCC/C=C/C=C/CCCCCCCCC)CC(=O)NC(CO)C(O)CCCCCCCCCCCC. The predicted molar refractivity (Wildman–Crippen MR) is 259 cm³/mol. The quantitative estimate of drug-likeness (QED) is 0.0246. The number of carbonyl (C=O) groups excluding carboxylic acids is 2. The molecule has 0 fully saturated rings. The molecule has 0 aromatic heterocycles. The first-order chi connectivity index (χ1) is 29.5. The van der Waals surface area contributed by atoms with Crippen molar-refractivity contribution in [1.29, 1.82) is 0 Å². The van der Waals surface area contributed by atoms with Crippen molar-refractivity contribution in [3.8, 4) is 0 Å². The molecule has 0 bridgehead atoms. The summed E-state index contributed by atoms with van der Waals surface area (Å²) >= 11 is 0. The monoisotopic (exact) mass is 842 g/mol. The number of hydrogen-bond donors (Lipinski definition) is 3. The second-order valence-corrected chi connectivity index (χ2v) is 17.6. The first kappa shape index (κ1) is 57.8. The van der Waals surface area contributed by atoms with Gasteiger partial charge in [-0.1, -0.05) is 217 Å². The number of unbranched alkanes of at least 4 members (excludes halogenated alkanes) is 27. The minimum Gasteiger partial charge on any atom is -0.462 e. The van der Waals surface area contributed by atoms with Gasteiger partial charge in [-0.15, -0.1) is 0 Å². The second kappa shape index (κ2) is 47.9. The van der Waals surface area contributed by atoms with Crippen LogP contribution < -0.4 is 5.32 Å². The van der Waals surface area contributed by atoms with E-state index in [9.17, 15) is 19.8 Å². The van der Waals surface area contributed by atoms with Gasteiger partial charge in [0.15, 0.2) is 0 Å². The third kappa shape index (κ3) is 42.5. The molecule has 3 atom stereocenters. The zero-order valence-electron chi connectivity index (χ0n) is 39.8. The van der Waals surface area contributed by atoms with Crippen LogP contribution in [0.25, 0.3) is 0 Å². The highest BCUT2D eigenvalue weighted by Crippen LogP contribution is 2.17. The van der Waals surface area contributed by atoms with Crippen molar-refractivity contribution in [1.82, 2.24) is 5.32 Å². The fourth-order valence-corrected chi connectivity index (χ4v) is 7.69. The van der Waals surface area contributed by atoms with E-state index in [1.165, 1.54) is 141 Å². The van der Waals surface area contributed by atoms with Crippen LogP contribution in [0.3, 0.4) is 0 Å². The van der Waals surface area contributed by atoms with Gasteiger partial charge in [-0.2, -0.15) is 0 Å². The molecular weight excluding hydrogens is 743 g/mol. The van der Waals surface area contributed by atoms with Gasteiger partial charge in [-0.25, -0.2) is 0 Å². The average Bonchev–Trinajstić information content (AvgIpc) is 3.24. The van der Waals surface area contributed by atoms with E-state index in [-0.39, 0.29) is 24.9 Å². The number of aliphatic hydroxyl groups excluding tert-OH is 2. The van der Waals surface area contributed by atoms with Gasteiger partial charge in [-0.05, 0) is 77.0 Å². The normalized spacial score (nSPS) is 13.6. The highest BCUT2D eigenvalue weighted by Gasteiger charge is 2.24. The topological polar surface area (TPSA) is 95.9 Å². The van der Waals surface area contributed by atoms with E-state index >= 15 is 0 Å². The molecule has 3 N–H and O–H groups in total. The summed E-state index contributed by atoms with van der Waals surface area (Å²) in [5.74, 6) is -0.526. The molecule has 0 rings (SSSR count). The van der Waals surface area contributed by atoms with E-state index < -0.39 is 18.2 Å². The Balaban J connectivity index is 4.64. The Morgan fingerprint density at radius 1 is 0.500 bits per heavy atom. The first-order valence-corrected chi connectivity index (χ1v) is 25.9. The van der Waals surface area contributed by atoms with Gasteiger partial charge < -0.3 is 20.3 Å². The summed E-state index contributed by atoms with van der Waals surface area (Å²) in [7, 11) is 0. The van der Waals surface area contributed by atoms with Crippen LogP contribution >= 0.6 is 0 Å². The zero-order valence-corrected chi connectivity index (χ0v) is 39.8. The summed E-state index contributed by atoms with van der Waals surface area (Å²) in [5.41, 5.74) is 0. The number of esters is 1. The molecule has 0 aromatic carbocycles. The Morgan fingerprint density at radius 3 is 1.43 bits per heavy atom. The highest BCUT2D eigenvalue weighted by molar-refractivity contribution is 5.77. The standard InChI is InChI=1S/C54H99NO5/c1-4-7-10-13-16-19-22-24-26-27-28-30-32-35-38-41-44-47-54(59)60-50(45-42-39-36-33-31-29-25-23-20-17-14-11-8-5-2)48-53(58)55-51(49-56)52(57)46-43-40-37-34-21-18-15-12-9-6-3/h16,19,24,26,29,31,33,36,50-52,56-57H,4-15,17-18,20-23,25,27-28,30,32,34-35,37-49H2,1-3H3,(H,55,58)/b19-16-,26-24-,31-29+,36-33+. The van der Waals surface area contributed by atoms with Crippen LogP contribution in [0.1, 0.15) is 258 Å². The van der Waals surface area contributed by atoms with Gasteiger partial charge in [0.2, 0.25) is 5.91 Å². The lowest BCUT2D eigenvalue weighted by molar-refractivity contribution is -0.151. The fourth-order valence-electron chi connectivity index (χ4n) is 7.69. The lowest BCUT2D eigenvalue weighted by Gasteiger charge is -2.24. The Morgan fingerprint density at radius 2 is 0.917 bits per heavy atom. The van der Waals surface area contributed by atoms with Gasteiger partial charge in [-0.3, -0.25) is 9.59 Å². The summed E-state index contributed by atoms with van der Waals surface area (Å²) in [5, 5.41) is 23.7. The number of ether oxygens (including phenoxy) is 1. The van der Waals surface area contributed by atoms with Crippen LogP contribution in [0, 0.1) is 0 Å². The van der Waals surface area contributed by atoms with Gasteiger partial charge >= 0.3 is 5.97 Å². The number of aliphatic hydroxyl groups is 2. The molecule has 0 aromatic rings. The van der Waals surface area contributed by atoms with Crippen molar-refractivity contribution >= 4 is 11.9 Å². The molecule has 0 aliphatic rings. The van der Waals surface area contributed by atoms with Crippen LogP contribution in [0.2, 0.25) is 0 Å². The van der Waals surface area contributed by atoms with Crippen LogP contribution in [0.5, 0.6) is 0 Å². The fraction of sp³-hybridized carbons (Fsp3) is 0.815. The van der Waals surface area contributed by atoms with E-state index in [1.807, 2.05) is 0 Å². The van der Waals surface area contributed by atoms with Crippen molar-refractivity contribution in [3.05, 3.63) is 48.6 Å². The van der Waals surface area contributed by atoms with Gasteiger partial charge in [0, 0.05) is 6.42 Å². The molecule has 0 saturated carbocycles. The lowest BCUT2D eigenvalue weighted by Crippen LogP contribution is -2.46. The summed E-state index contributed by atoms with van der Waals surface area (Å²) in [6, 6.07) is -0.716. The van der Waals surface area contributed by atoms with E-state index in [0.29, 0.717) is 19.3 Å². The van der Waals surface area contributed by atoms with Crippen LogP contribution in [-0.2, 0) is 14.3 Å². The number of amides is 1. The Hall–Kier alpha value is -2.18. The molecule has 6 heteroatoms. The predicted octanol–water partition coefficient (Wildman–Crippen LogP) is 15.5. The van der Waals surface area contributed by atoms with Crippen molar-refractivity contribution < 1.29 is 24.5 Å². The third-order valence-electron chi connectivity index (χ3n) is 11.7. The molecule has 60 heavy (non-hydrogen) atoms. The number of nitrogens with one attached hydrogen (secondary N) is 1. The third-order valence-corrected chi connectivity index (χ3v) is 11.7. The maximum Gasteiger partial charge on any atom is 0.306 e. The molecule has 0 radical (unpaired) electrons. The first-order valence-electron chi connectivity index (χ1n) is 25.9. The number of rotatable bonds is 46. The van der Waals surface area contributed by atoms with Gasteiger partial charge in [0.05, 0.1) is 25.2 Å². The molecule has 350 valence electrons. The molecule has 0 spiro atoms. The minimum absolute atomic E-state index is 0.0419. The summed E-state index contributed by atoms with van der Waals surface area (Å²) in [4.78, 5) is 26.1. The van der Waals surface area contributed by atoms with Crippen molar-refractivity contribution in [2.24, 2.45) is 0 Å². The molecule has 0 heterocycles. The summed E-state index contributed by atoms with van der Waals surface area (Å²) < 4.78 is 5.90. The van der Waals surface area contributed by atoms with E-state index in [4.69, 9.17) is 4.74 Å². The molecule has 0 aliphatic carbocycles. The Kier molecular flexibility index (Phi) is 46.1. The largest absolute Gasteiger partial charge is 0.462 e. The molecule has 3 unspecified atom stereocenters. The van der Waals surface area contributed by atoms with E-state index in [2.05, 4.69) is 74.7 Å². The van der Waals surface area contributed by atoms with Crippen LogP contribution in [-0.4, -0.2) is 46.9 Å². The van der Waals surface area contributed by atoms with Crippen LogP contribution in [0.4, 0.5) is 0 Å². The maximum absolute atomic E-state index is 13.2. The Bertz CT molecular complexity index is 1040. The van der Waals surface area contributed by atoms with Gasteiger partial charge in [0.25, 0.3) is 0 Å². The molecular formula is C54H99NO5. The summed E-state index contributed by atoms with van der Waals surface area (Å²) in [6.07, 6.45) is 57.5. The van der Waals surface area contributed by atoms with Crippen molar-refractivity contribution in [2.75, 3.05) is 6.61 Å². The van der Waals surface area contributed by atoms with Crippen molar-refractivity contribution in [3.63, 3.8) is 0 Å². The molecule has 6 nitrogen and oxygen atoms in total. The smallest absolute Gasteiger partial charge is 0.306 e. The minimum atomic E-state index is -0.799. The summed E-state index contributed by atoms with van der Waals surface area (Å²) in [6.45, 7) is 6.43. The number of hydrogen-bond acceptors (Lipinski definition) is 5. The number of carbonyl (C=O) groups is 2. The van der Waals surface area contributed by atoms with Gasteiger partial charge in [0.1, 0.15) is 6.10 Å². The average molecular weight is 842 g/mol. The van der Waals surface area contributed by atoms with Crippen molar-refractivity contribution in [2.45, 2.75) is 277 Å². The molecule has 1 amide bonds. The number of allylic oxidation sites excluding steroid dienone is 8. The van der Waals surface area contributed by atoms with E-state index in [0.717, 1.165) is 70.6 Å². The molecule has 0 aliphatic heterocycles. The van der Waals surface area contributed by atoms with Crippen LogP contribution in [0.15, 0.2) is 48.6 Å².